The van der Waals surface area contributed by atoms with Gasteiger partial charge in [0.15, 0.2) is 0 Å². The van der Waals surface area contributed by atoms with Gasteiger partial charge in [0.1, 0.15) is 12.1 Å². The Morgan fingerprint density at radius 2 is 1.88 bits per heavy atom. The maximum absolute atomic E-state index is 5.66. The molecule has 0 saturated carbocycles. The zero-order valence-corrected chi connectivity index (χ0v) is 10.0. The molecule has 88 valence electrons. The predicted molar refractivity (Wildman–Crippen MR) is 69.7 cm³/mol. The van der Waals surface area contributed by atoms with Crippen LogP contribution in [-0.4, -0.2) is 9.97 Å². The lowest BCUT2D eigenvalue weighted by Gasteiger charge is -2.15. The van der Waals surface area contributed by atoms with Crippen LogP contribution in [0.25, 0.3) is 0 Å². The number of hydrogen-bond acceptors (Lipinski definition) is 4. The van der Waals surface area contributed by atoms with Gasteiger partial charge in [0.05, 0.1) is 0 Å². The van der Waals surface area contributed by atoms with Gasteiger partial charge in [-0.2, -0.15) is 0 Å². The molecule has 0 aliphatic heterocycles. The summed E-state index contributed by atoms with van der Waals surface area (Å²) < 4.78 is 0. The molecular formula is C13H16N4. The van der Waals surface area contributed by atoms with E-state index in [1.54, 1.807) is 6.33 Å². The van der Waals surface area contributed by atoms with Gasteiger partial charge in [-0.15, -0.1) is 0 Å². The minimum atomic E-state index is 0.185. The molecule has 1 unspecified atom stereocenters. The Labute approximate surface area is 101 Å². The quantitative estimate of drug-likeness (QED) is 0.792. The van der Waals surface area contributed by atoms with E-state index in [1.165, 1.54) is 5.56 Å². The highest BCUT2D eigenvalue weighted by atomic mass is 15.0. The highest BCUT2D eigenvalue weighted by Gasteiger charge is 2.05. The lowest BCUT2D eigenvalue weighted by Crippen LogP contribution is -2.08. The highest BCUT2D eigenvalue weighted by molar-refractivity contribution is 5.43. The number of aryl methyl sites for hydroxylation is 1. The summed E-state index contributed by atoms with van der Waals surface area (Å²) in [4.78, 5) is 8.24. The molecule has 1 aromatic carbocycles. The molecule has 0 bridgehead atoms. The highest BCUT2D eigenvalue weighted by Crippen LogP contribution is 2.18. The minimum absolute atomic E-state index is 0.185. The number of nitrogens with one attached hydrogen (secondary N) is 1. The molecule has 2 aromatic rings. The first kappa shape index (κ1) is 11.4. The van der Waals surface area contributed by atoms with Crippen LogP contribution >= 0.6 is 0 Å². The second kappa shape index (κ2) is 4.82. The number of aromatic nitrogens is 2. The van der Waals surface area contributed by atoms with Gasteiger partial charge in [-0.05, 0) is 31.5 Å². The van der Waals surface area contributed by atoms with Gasteiger partial charge in [-0.1, -0.05) is 12.1 Å². The molecule has 3 N–H and O–H groups in total. The first-order valence-electron chi connectivity index (χ1n) is 5.56. The molecule has 2 rings (SSSR count). The van der Waals surface area contributed by atoms with E-state index in [1.807, 2.05) is 37.3 Å². The molecule has 0 aliphatic carbocycles. The molecule has 0 radical (unpaired) electrons. The zero-order valence-electron chi connectivity index (χ0n) is 10.0. The topological polar surface area (TPSA) is 63.8 Å². The largest absolute Gasteiger partial charge is 0.399 e. The van der Waals surface area contributed by atoms with E-state index >= 15 is 0 Å². The van der Waals surface area contributed by atoms with Crippen LogP contribution in [-0.2, 0) is 0 Å². The molecule has 4 heteroatoms. The van der Waals surface area contributed by atoms with Crippen molar-refractivity contribution in [1.82, 2.24) is 9.97 Å². The molecule has 1 aromatic heterocycles. The van der Waals surface area contributed by atoms with E-state index in [2.05, 4.69) is 22.2 Å². The van der Waals surface area contributed by atoms with Crippen LogP contribution in [0, 0.1) is 6.92 Å². The van der Waals surface area contributed by atoms with E-state index < -0.39 is 0 Å². The van der Waals surface area contributed by atoms with Gasteiger partial charge in [-0.3, -0.25) is 0 Å². The van der Waals surface area contributed by atoms with Crippen molar-refractivity contribution in [3.63, 3.8) is 0 Å². The van der Waals surface area contributed by atoms with E-state index in [4.69, 9.17) is 5.73 Å². The van der Waals surface area contributed by atoms with Crippen LogP contribution in [0.15, 0.2) is 36.7 Å². The van der Waals surface area contributed by atoms with Gasteiger partial charge in [0.25, 0.3) is 0 Å². The number of anilines is 2. The van der Waals surface area contributed by atoms with Crippen LogP contribution in [0.3, 0.4) is 0 Å². The summed E-state index contributed by atoms with van der Waals surface area (Å²) in [6, 6.07) is 9.94. The average Bonchev–Trinajstić information content (AvgIpc) is 2.29. The maximum atomic E-state index is 5.66. The SMILES string of the molecule is Cc1cc(NC(C)c2ccc(N)cc2)ncn1. The minimum Gasteiger partial charge on any atom is -0.399 e. The monoisotopic (exact) mass is 228 g/mol. The lowest BCUT2D eigenvalue weighted by atomic mass is 10.1. The summed E-state index contributed by atoms with van der Waals surface area (Å²) in [5.74, 6) is 0.835. The number of rotatable bonds is 3. The molecule has 0 spiro atoms. The molecule has 4 nitrogen and oxygen atoms in total. The van der Waals surface area contributed by atoms with E-state index in [-0.39, 0.29) is 6.04 Å². The Bertz CT molecular complexity index is 493. The summed E-state index contributed by atoms with van der Waals surface area (Å²) in [7, 11) is 0. The summed E-state index contributed by atoms with van der Waals surface area (Å²) >= 11 is 0. The third-order valence-corrected chi connectivity index (χ3v) is 2.60. The Balaban J connectivity index is 2.11. The van der Waals surface area contributed by atoms with Gasteiger partial charge >= 0.3 is 0 Å². The molecule has 0 amide bonds. The van der Waals surface area contributed by atoms with Crippen LogP contribution in [0.4, 0.5) is 11.5 Å². The first-order chi connectivity index (χ1) is 8.15. The maximum Gasteiger partial charge on any atom is 0.130 e. The van der Waals surface area contributed by atoms with Crippen molar-refractivity contribution in [2.75, 3.05) is 11.1 Å². The van der Waals surface area contributed by atoms with Crippen molar-refractivity contribution in [2.45, 2.75) is 19.9 Å². The second-order valence-electron chi connectivity index (χ2n) is 4.08. The summed E-state index contributed by atoms with van der Waals surface area (Å²) in [6.07, 6.45) is 1.56. The molecule has 1 heterocycles. The summed E-state index contributed by atoms with van der Waals surface area (Å²) in [5.41, 5.74) is 8.56. The van der Waals surface area contributed by atoms with Crippen LogP contribution in [0.5, 0.6) is 0 Å². The third-order valence-electron chi connectivity index (χ3n) is 2.60. The van der Waals surface area contributed by atoms with Crippen LogP contribution in [0.1, 0.15) is 24.2 Å². The summed E-state index contributed by atoms with van der Waals surface area (Å²) in [6.45, 7) is 4.03. The fraction of sp³-hybridized carbons (Fsp3) is 0.231. The van der Waals surface area contributed by atoms with Gasteiger partial charge < -0.3 is 11.1 Å². The van der Waals surface area contributed by atoms with E-state index in [0.717, 1.165) is 17.2 Å². The van der Waals surface area contributed by atoms with Crippen molar-refractivity contribution in [2.24, 2.45) is 0 Å². The Hall–Kier alpha value is -2.10. The van der Waals surface area contributed by atoms with E-state index in [0.29, 0.717) is 0 Å². The summed E-state index contributed by atoms with van der Waals surface area (Å²) in [5, 5.41) is 3.33. The Kier molecular flexibility index (Phi) is 3.23. The third kappa shape index (κ3) is 2.93. The van der Waals surface area contributed by atoms with Crippen molar-refractivity contribution in [1.29, 1.82) is 0 Å². The Morgan fingerprint density at radius 1 is 1.18 bits per heavy atom. The molecule has 17 heavy (non-hydrogen) atoms. The smallest absolute Gasteiger partial charge is 0.130 e. The van der Waals surface area contributed by atoms with E-state index in [9.17, 15) is 0 Å². The second-order valence-corrected chi connectivity index (χ2v) is 4.08. The molecular weight excluding hydrogens is 212 g/mol. The predicted octanol–water partition coefficient (Wildman–Crippen LogP) is 2.54. The first-order valence-corrected chi connectivity index (χ1v) is 5.56. The fourth-order valence-electron chi connectivity index (χ4n) is 1.62. The standard InChI is InChI=1S/C13H16N4/c1-9-7-13(16-8-15-9)17-10(2)11-3-5-12(14)6-4-11/h3-8,10H,14H2,1-2H3,(H,15,16,17). The molecule has 0 aliphatic rings. The normalized spacial score (nSPS) is 12.1. The number of hydrogen-bond donors (Lipinski definition) is 2. The Morgan fingerprint density at radius 3 is 2.53 bits per heavy atom. The number of nitrogens with zero attached hydrogens (tertiary/aromatic N) is 2. The van der Waals surface area contributed by atoms with Gasteiger partial charge in [0.2, 0.25) is 0 Å². The number of nitrogens with two attached hydrogens (primary N) is 1. The number of benzene rings is 1. The molecule has 0 saturated heterocycles. The fourth-order valence-corrected chi connectivity index (χ4v) is 1.62. The lowest BCUT2D eigenvalue weighted by molar-refractivity contribution is 0.870. The molecule has 1 atom stereocenters. The van der Waals surface area contributed by atoms with Crippen LogP contribution in [0.2, 0.25) is 0 Å². The van der Waals surface area contributed by atoms with Crippen molar-refractivity contribution < 1.29 is 0 Å². The van der Waals surface area contributed by atoms with Crippen LogP contribution < -0.4 is 11.1 Å². The molecule has 0 fully saturated rings. The number of nitrogen functional groups attached to an aromatic ring is 1. The van der Waals surface area contributed by atoms with Crippen molar-refractivity contribution >= 4 is 11.5 Å². The zero-order chi connectivity index (χ0) is 12.3. The van der Waals surface area contributed by atoms with Crippen molar-refractivity contribution in [3.8, 4) is 0 Å². The average molecular weight is 228 g/mol. The van der Waals surface area contributed by atoms with Crippen molar-refractivity contribution in [3.05, 3.63) is 47.9 Å². The van der Waals surface area contributed by atoms with Gasteiger partial charge in [-0.25, -0.2) is 9.97 Å². The van der Waals surface area contributed by atoms with Gasteiger partial charge in [0, 0.05) is 23.5 Å².